The van der Waals surface area contributed by atoms with Crippen molar-refractivity contribution >= 4 is 12.0 Å². The highest BCUT2D eigenvalue weighted by Crippen LogP contribution is 2.46. The minimum Gasteiger partial charge on any atom is -0.493 e. The Hall–Kier alpha value is -3.15. The van der Waals surface area contributed by atoms with Crippen LogP contribution in [0.3, 0.4) is 0 Å². The molecule has 0 aromatic heterocycles. The first kappa shape index (κ1) is 23.9. The molecule has 0 N–H and O–H groups in total. The van der Waals surface area contributed by atoms with Gasteiger partial charge in [0.25, 0.3) is 0 Å². The van der Waals surface area contributed by atoms with Crippen molar-refractivity contribution in [3.8, 4) is 23.0 Å². The van der Waals surface area contributed by atoms with Gasteiger partial charge in [-0.1, -0.05) is 29.8 Å². The fourth-order valence-electron chi connectivity index (χ4n) is 2.63. The molecule has 0 heterocycles. The molecule has 0 unspecified atom stereocenters. The molecule has 2 rings (SSSR count). The van der Waals surface area contributed by atoms with Crippen LogP contribution in [0, 0.1) is 13.8 Å². The number of rotatable bonds is 7. The Morgan fingerprint density at radius 3 is 2.07 bits per heavy atom. The summed E-state index contributed by atoms with van der Waals surface area (Å²) in [5.41, 5.74) is 3.13. The molecule has 2 aromatic rings. The van der Waals surface area contributed by atoms with E-state index in [1.165, 1.54) is 11.6 Å². The lowest BCUT2D eigenvalue weighted by molar-refractivity contribution is -0.137. The van der Waals surface area contributed by atoms with E-state index in [1.807, 2.05) is 44.2 Å². The first-order chi connectivity index (χ1) is 13.9. The molecular formula is C23H30O6. The van der Waals surface area contributed by atoms with Crippen molar-refractivity contribution in [3.05, 3.63) is 53.1 Å². The van der Waals surface area contributed by atoms with Gasteiger partial charge in [-0.25, -0.2) is 4.79 Å². The predicted octanol–water partition coefficient (Wildman–Crippen LogP) is 4.60. The van der Waals surface area contributed by atoms with E-state index < -0.39 is 0 Å². The van der Waals surface area contributed by atoms with E-state index in [9.17, 15) is 4.79 Å². The van der Waals surface area contributed by atoms with E-state index in [-0.39, 0.29) is 5.97 Å². The zero-order valence-electron chi connectivity index (χ0n) is 18.2. The van der Waals surface area contributed by atoms with E-state index in [2.05, 4.69) is 0 Å². The fourth-order valence-corrected chi connectivity index (χ4v) is 2.63. The van der Waals surface area contributed by atoms with Crippen LogP contribution in [0.2, 0.25) is 0 Å². The Labute approximate surface area is 173 Å². The third-order valence-corrected chi connectivity index (χ3v) is 3.91. The topological polar surface area (TPSA) is 63.2 Å². The molecular weight excluding hydrogens is 372 g/mol. The molecule has 0 saturated carbocycles. The summed E-state index contributed by atoms with van der Waals surface area (Å²) in [6, 6.07) is 9.78. The second kappa shape index (κ2) is 12.3. The van der Waals surface area contributed by atoms with Gasteiger partial charge in [0.2, 0.25) is 11.5 Å². The molecule has 0 fully saturated rings. The minimum atomic E-state index is -0.297. The van der Waals surface area contributed by atoms with Crippen LogP contribution < -0.4 is 18.9 Å². The first-order valence-electron chi connectivity index (χ1n) is 9.16. The average molecular weight is 402 g/mol. The maximum absolute atomic E-state index is 11.0. The number of benzene rings is 2. The van der Waals surface area contributed by atoms with Crippen molar-refractivity contribution in [1.29, 1.82) is 0 Å². The summed E-state index contributed by atoms with van der Waals surface area (Å²) in [7, 11) is 6.31. The number of carbonyl (C=O) groups excluding carboxylic acids is 1. The van der Waals surface area contributed by atoms with Crippen LogP contribution in [0.25, 0.3) is 6.08 Å². The summed E-state index contributed by atoms with van der Waals surface area (Å²) in [4.78, 5) is 11.0. The lowest BCUT2D eigenvalue weighted by Gasteiger charge is -2.16. The first-order valence-corrected chi connectivity index (χ1v) is 9.16. The van der Waals surface area contributed by atoms with Crippen molar-refractivity contribution in [2.75, 3.05) is 35.0 Å². The smallest absolute Gasteiger partial charge is 0.330 e. The summed E-state index contributed by atoms with van der Waals surface area (Å²) >= 11 is 0. The minimum absolute atomic E-state index is 0.297. The normalized spacial score (nSPS) is 10.0. The Morgan fingerprint density at radius 1 is 0.897 bits per heavy atom. The van der Waals surface area contributed by atoms with Crippen molar-refractivity contribution in [2.24, 2.45) is 0 Å². The van der Waals surface area contributed by atoms with Crippen LogP contribution in [0.5, 0.6) is 23.0 Å². The summed E-state index contributed by atoms with van der Waals surface area (Å²) in [5.74, 6) is 2.09. The van der Waals surface area contributed by atoms with Gasteiger partial charge in [0.1, 0.15) is 0 Å². The number of ether oxygens (including phenoxy) is 5. The molecule has 0 spiro atoms. The van der Waals surface area contributed by atoms with Crippen molar-refractivity contribution in [3.63, 3.8) is 0 Å². The third-order valence-electron chi connectivity index (χ3n) is 3.91. The van der Waals surface area contributed by atoms with E-state index in [4.69, 9.17) is 23.7 Å². The zero-order chi connectivity index (χ0) is 21.8. The van der Waals surface area contributed by atoms with Gasteiger partial charge in [0, 0.05) is 6.08 Å². The number of aryl methyl sites for hydroxylation is 2. The summed E-state index contributed by atoms with van der Waals surface area (Å²) in [5, 5.41) is 0. The van der Waals surface area contributed by atoms with Crippen LogP contribution in [0.15, 0.2) is 36.4 Å². The number of esters is 1. The van der Waals surface area contributed by atoms with E-state index in [0.29, 0.717) is 29.6 Å². The summed E-state index contributed by atoms with van der Waals surface area (Å²) < 4.78 is 25.7. The third kappa shape index (κ3) is 7.07. The van der Waals surface area contributed by atoms with E-state index in [0.717, 1.165) is 11.1 Å². The quantitative estimate of drug-likeness (QED) is 0.498. The molecule has 0 aliphatic rings. The van der Waals surface area contributed by atoms with Crippen LogP contribution in [-0.4, -0.2) is 41.0 Å². The molecule has 6 nitrogen and oxygen atoms in total. The summed E-state index contributed by atoms with van der Waals surface area (Å²) in [6.45, 7) is 6.14. The molecule has 0 radical (unpaired) electrons. The molecule has 158 valence electrons. The SMILES string of the molecule is CCOC(=O)C=Cc1cccc(C)c1.COc1cc(C)c(OC)c(OC)c1OC. The number of hydrogen-bond acceptors (Lipinski definition) is 6. The molecule has 0 bridgehead atoms. The number of hydrogen-bond donors (Lipinski definition) is 0. The van der Waals surface area contributed by atoms with Gasteiger partial charge >= 0.3 is 5.97 Å². The monoisotopic (exact) mass is 402 g/mol. The van der Waals surface area contributed by atoms with Gasteiger partial charge in [-0.05, 0) is 44.0 Å². The van der Waals surface area contributed by atoms with Crippen molar-refractivity contribution in [1.82, 2.24) is 0 Å². The van der Waals surface area contributed by atoms with E-state index in [1.54, 1.807) is 41.4 Å². The molecule has 0 aliphatic carbocycles. The van der Waals surface area contributed by atoms with Crippen molar-refractivity contribution < 1.29 is 28.5 Å². The maximum Gasteiger partial charge on any atom is 0.330 e. The number of methoxy groups -OCH3 is 4. The highest BCUT2D eigenvalue weighted by molar-refractivity contribution is 5.87. The molecule has 0 amide bonds. The zero-order valence-corrected chi connectivity index (χ0v) is 18.2. The predicted molar refractivity (Wildman–Crippen MR) is 114 cm³/mol. The van der Waals surface area contributed by atoms with Gasteiger partial charge in [-0.15, -0.1) is 0 Å². The second-order valence-corrected chi connectivity index (χ2v) is 5.99. The van der Waals surface area contributed by atoms with Gasteiger partial charge < -0.3 is 23.7 Å². The highest BCUT2D eigenvalue weighted by atomic mass is 16.5. The Morgan fingerprint density at radius 2 is 1.55 bits per heavy atom. The molecule has 29 heavy (non-hydrogen) atoms. The van der Waals surface area contributed by atoms with E-state index >= 15 is 0 Å². The van der Waals surface area contributed by atoms with Crippen molar-refractivity contribution in [2.45, 2.75) is 20.8 Å². The fraction of sp³-hybridized carbons (Fsp3) is 0.348. The Kier molecular flexibility index (Phi) is 10.2. The van der Waals surface area contributed by atoms with Crippen LogP contribution in [0.1, 0.15) is 23.6 Å². The van der Waals surface area contributed by atoms with Gasteiger partial charge in [-0.3, -0.25) is 0 Å². The van der Waals surface area contributed by atoms with Crippen LogP contribution >= 0.6 is 0 Å². The number of carbonyl (C=O) groups is 1. The highest BCUT2D eigenvalue weighted by Gasteiger charge is 2.19. The lowest BCUT2D eigenvalue weighted by Crippen LogP contribution is -1.99. The van der Waals surface area contributed by atoms with Crippen LogP contribution in [-0.2, 0) is 9.53 Å². The maximum atomic E-state index is 11.0. The lowest BCUT2D eigenvalue weighted by atomic mass is 10.1. The second-order valence-electron chi connectivity index (χ2n) is 5.99. The standard InChI is InChI=1S/C12H14O2.C11H16O4/c1-3-14-12(13)8-7-11-6-4-5-10(2)9-11;1-7-6-8(12-2)10(14-4)11(15-5)9(7)13-3/h4-9H,3H2,1-2H3;6H,1-5H3. The molecule has 0 saturated heterocycles. The molecule has 0 aliphatic heterocycles. The average Bonchev–Trinajstić information content (AvgIpc) is 2.72. The van der Waals surface area contributed by atoms with Gasteiger partial charge in [0.05, 0.1) is 35.0 Å². The van der Waals surface area contributed by atoms with Gasteiger partial charge in [0.15, 0.2) is 11.5 Å². The largest absolute Gasteiger partial charge is 0.493 e. The molecule has 2 aromatic carbocycles. The summed E-state index contributed by atoms with van der Waals surface area (Å²) in [6.07, 6.45) is 3.20. The van der Waals surface area contributed by atoms with Gasteiger partial charge in [-0.2, -0.15) is 0 Å². The molecule has 6 heteroatoms. The molecule has 0 atom stereocenters. The Balaban J connectivity index is 0.000000291. The van der Waals surface area contributed by atoms with Crippen LogP contribution in [0.4, 0.5) is 0 Å². The Bertz CT molecular complexity index is 826.